The molecular weight excluding hydrogens is 374 g/mol. The molecule has 0 bridgehead atoms. The topological polar surface area (TPSA) is 81.9 Å². The van der Waals surface area contributed by atoms with Gasteiger partial charge in [0.05, 0.1) is 16.7 Å². The highest BCUT2D eigenvalue weighted by atomic mass is 32.2. The molecule has 0 saturated carbocycles. The molecule has 0 saturated heterocycles. The fourth-order valence-electron chi connectivity index (χ4n) is 3.15. The number of fused-ring (bicyclic) bond motifs is 1. The summed E-state index contributed by atoms with van der Waals surface area (Å²) in [6, 6.07) is 9.59. The van der Waals surface area contributed by atoms with E-state index in [1.54, 1.807) is 41.0 Å². The molecule has 4 rings (SSSR count). The normalized spacial score (nSPS) is 16.0. The zero-order valence-corrected chi connectivity index (χ0v) is 16.1. The van der Waals surface area contributed by atoms with Crippen LogP contribution in [0.4, 0.5) is 5.82 Å². The molecule has 7 nitrogen and oxygen atoms in total. The monoisotopic (exact) mass is 393 g/mol. The summed E-state index contributed by atoms with van der Waals surface area (Å²) in [7, 11) is 0. The van der Waals surface area contributed by atoms with Crippen LogP contribution in [0.5, 0.6) is 5.75 Å². The van der Waals surface area contributed by atoms with E-state index < -0.39 is 0 Å². The van der Waals surface area contributed by atoms with Crippen LogP contribution in [0.25, 0.3) is 5.95 Å². The van der Waals surface area contributed by atoms with E-state index >= 15 is 0 Å². The van der Waals surface area contributed by atoms with Gasteiger partial charge >= 0.3 is 0 Å². The Hall–Kier alpha value is -3.13. The molecule has 1 N–H and O–H groups in total. The molecule has 1 amide bonds. The summed E-state index contributed by atoms with van der Waals surface area (Å²) in [6.07, 6.45) is 5.01. The number of rotatable bonds is 5. The zero-order chi connectivity index (χ0) is 19.5. The predicted octanol–water partition coefficient (Wildman–Crippen LogP) is 3.31. The molecule has 2 aromatic heterocycles. The zero-order valence-electron chi connectivity index (χ0n) is 15.3. The molecular formula is C20H19N5O2S. The summed E-state index contributed by atoms with van der Waals surface area (Å²) in [5.74, 6) is 2.01. The van der Waals surface area contributed by atoms with Gasteiger partial charge < -0.3 is 10.1 Å². The number of aromatic nitrogens is 4. The summed E-state index contributed by atoms with van der Waals surface area (Å²) in [6.45, 7) is 6.06. The van der Waals surface area contributed by atoms with Crippen LogP contribution in [0.3, 0.4) is 0 Å². The number of aryl methyl sites for hydroxylation is 1. The number of benzene rings is 1. The van der Waals surface area contributed by atoms with Crippen molar-refractivity contribution in [3.63, 3.8) is 0 Å². The Morgan fingerprint density at radius 3 is 2.89 bits per heavy atom. The minimum atomic E-state index is -0.118. The van der Waals surface area contributed by atoms with Crippen molar-refractivity contribution < 1.29 is 9.53 Å². The number of amides is 1. The van der Waals surface area contributed by atoms with Crippen LogP contribution in [0.15, 0.2) is 55.4 Å². The van der Waals surface area contributed by atoms with E-state index in [-0.39, 0.29) is 11.2 Å². The van der Waals surface area contributed by atoms with Crippen molar-refractivity contribution in [2.24, 2.45) is 0 Å². The van der Waals surface area contributed by atoms with Crippen LogP contribution < -0.4 is 10.1 Å². The highest BCUT2D eigenvalue weighted by Gasteiger charge is 2.32. The van der Waals surface area contributed by atoms with Gasteiger partial charge in [0.15, 0.2) is 0 Å². The second-order valence-electron chi connectivity index (χ2n) is 6.19. The minimum absolute atomic E-state index is 0.0877. The van der Waals surface area contributed by atoms with Gasteiger partial charge in [-0.25, -0.2) is 9.97 Å². The first-order valence-corrected chi connectivity index (χ1v) is 9.85. The third kappa shape index (κ3) is 3.38. The van der Waals surface area contributed by atoms with Crippen LogP contribution in [0.2, 0.25) is 0 Å². The lowest BCUT2D eigenvalue weighted by molar-refractivity contribution is -0.113. The molecule has 3 heterocycles. The Labute approximate surface area is 166 Å². The largest absolute Gasteiger partial charge is 0.489 e. The number of hydrogen-bond donors (Lipinski definition) is 1. The summed E-state index contributed by atoms with van der Waals surface area (Å²) < 4.78 is 7.46. The number of thioether (sulfide) groups is 1. The van der Waals surface area contributed by atoms with Gasteiger partial charge in [-0.3, -0.25) is 4.79 Å². The highest BCUT2D eigenvalue weighted by molar-refractivity contribution is 8.00. The first-order chi connectivity index (χ1) is 13.7. The van der Waals surface area contributed by atoms with Gasteiger partial charge in [0.2, 0.25) is 5.91 Å². The van der Waals surface area contributed by atoms with E-state index in [0.29, 0.717) is 24.1 Å². The Morgan fingerprint density at radius 2 is 2.11 bits per heavy atom. The van der Waals surface area contributed by atoms with E-state index in [1.165, 1.54) is 0 Å². The summed E-state index contributed by atoms with van der Waals surface area (Å²) in [5, 5.41) is 7.47. The number of anilines is 1. The molecule has 1 atom stereocenters. The first-order valence-electron chi connectivity index (χ1n) is 8.80. The number of carbonyl (C=O) groups is 1. The fourth-order valence-corrected chi connectivity index (χ4v) is 4.37. The molecule has 8 heteroatoms. The van der Waals surface area contributed by atoms with Gasteiger partial charge in [-0.15, -0.1) is 11.8 Å². The Morgan fingerprint density at radius 1 is 1.32 bits per heavy atom. The predicted molar refractivity (Wildman–Crippen MR) is 109 cm³/mol. The van der Waals surface area contributed by atoms with Crippen molar-refractivity contribution in [3.05, 3.63) is 72.2 Å². The van der Waals surface area contributed by atoms with Crippen molar-refractivity contribution >= 4 is 23.5 Å². The summed E-state index contributed by atoms with van der Waals surface area (Å²) in [4.78, 5) is 21.0. The number of hydrogen-bond acceptors (Lipinski definition) is 6. The lowest BCUT2D eigenvalue weighted by Crippen LogP contribution is -2.16. The quantitative estimate of drug-likeness (QED) is 0.670. The third-order valence-corrected chi connectivity index (χ3v) is 5.56. The molecule has 1 aliphatic heterocycles. The van der Waals surface area contributed by atoms with Gasteiger partial charge in [-0.1, -0.05) is 30.9 Å². The minimum Gasteiger partial charge on any atom is -0.489 e. The van der Waals surface area contributed by atoms with Crippen molar-refractivity contribution in [2.75, 3.05) is 17.7 Å². The maximum atomic E-state index is 12.4. The lowest BCUT2D eigenvalue weighted by atomic mass is 10.0. The van der Waals surface area contributed by atoms with Crippen molar-refractivity contribution in [3.8, 4) is 11.7 Å². The molecule has 142 valence electrons. The van der Waals surface area contributed by atoms with E-state index in [1.807, 2.05) is 31.2 Å². The Kier molecular flexibility index (Phi) is 5.12. The molecule has 0 spiro atoms. The average Bonchev–Trinajstić information content (AvgIpc) is 2.93. The van der Waals surface area contributed by atoms with Gasteiger partial charge in [-0.2, -0.15) is 9.78 Å². The van der Waals surface area contributed by atoms with Gasteiger partial charge in [0.1, 0.15) is 18.2 Å². The van der Waals surface area contributed by atoms with Gasteiger partial charge in [0, 0.05) is 23.5 Å². The lowest BCUT2D eigenvalue weighted by Gasteiger charge is -2.19. The van der Waals surface area contributed by atoms with Crippen LogP contribution in [0, 0.1) is 6.92 Å². The smallest absolute Gasteiger partial charge is 0.252 e. The number of nitrogens with zero attached hydrogens (tertiary/aromatic N) is 4. The number of nitrogens with one attached hydrogen (secondary N) is 1. The number of para-hydroxylation sites is 1. The van der Waals surface area contributed by atoms with Gasteiger partial charge in [0.25, 0.3) is 5.95 Å². The van der Waals surface area contributed by atoms with Gasteiger partial charge in [-0.05, 0) is 19.1 Å². The SMILES string of the molecule is C=CCOc1ccccc1C1SCC(=O)Nc2c1c(C)nn2-c1ncccn1. The molecule has 1 aliphatic rings. The summed E-state index contributed by atoms with van der Waals surface area (Å²) >= 11 is 1.55. The fraction of sp³-hybridized carbons (Fsp3) is 0.200. The number of ether oxygens (including phenoxy) is 1. The maximum Gasteiger partial charge on any atom is 0.252 e. The van der Waals surface area contributed by atoms with Crippen LogP contribution >= 0.6 is 11.8 Å². The van der Waals surface area contributed by atoms with Crippen LogP contribution in [-0.2, 0) is 4.79 Å². The molecule has 0 aliphatic carbocycles. The Bertz CT molecular complexity index is 1020. The van der Waals surface area contributed by atoms with E-state index in [2.05, 4.69) is 27.0 Å². The third-order valence-electron chi connectivity index (χ3n) is 4.31. The first kappa shape index (κ1) is 18.2. The standard InChI is InChI=1S/C20H19N5O2S/c1-3-11-27-15-8-5-4-7-14(15)18-17-13(2)24-25(20-21-9-6-10-22-20)19(17)23-16(26)12-28-18/h3-10,18H,1,11-12H2,2H3,(H,23,26). The molecule has 28 heavy (non-hydrogen) atoms. The second-order valence-corrected chi connectivity index (χ2v) is 7.28. The summed E-state index contributed by atoms with van der Waals surface area (Å²) in [5.41, 5.74) is 2.72. The molecule has 1 unspecified atom stereocenters. The highest BCUT2D eigenvalue weighted by Crippen LogP contribution is 2.46. The number of carbonyl (C=O) groups excluding carboxylic acids is 1. The van der Waals surface area contributed by atoms with E-state index in [4.69, 9.17) is 4.74 Å². The van der Waals surface area contributed by atoms with E-state index in [0.717, 1.165) is 22.6 Å². The second kappa shape index (κ2) is 7.85. The average molecular weight is 393 g/mol. The van der Waals surface area contributed by atoms with Crippen LogP contribution in [-0.4, -0.2) is 38.0 Å². The molecule has 0 radical (unpaired) electrons. The Balaban J connectivity index is 1.86. The van der Waals surface area contributed by atoms with E-state index in [9.17, 15) is 4.79 Å². The molecule has 1 aromatic carbocycles. The van der Waals surface area contributed by atoms with Crippen molar-refractivity contribution in [2.45, 2.75) is 12.2 Å². The molecule has 3 aromatic rings. The van der Waals surface area contributed by atoms with Crippen molar-refractivity contribution in [1.29, 1.82) is 0 Å². The molecule has 0 fully saturated rings. The van der Waals surface area contributed by atoms with Crippen molar-refractivity contribution in [1.82, 2.24) is 19.7 Å². The maximum absolute atomic E-state index is 12.4. The van der Waals surface area contributed by atoms with Crippen LogP contribution in [0.1, 0.15) is 22.1 Å².